The molecule has 3 heterocycles. The van der Waals surface area contributed by atoms with Gasteiger partial charge in [0.2, 0.25) is 0 Å². The van der Waals surface area contributed by atoms with Crippen molar-refractivity contribution in [1.82, 2.24) is 25.9 Å². The number of hydrazine groups is 2. The van der Waals surface area contributed by atoms with Crippen molar-refractivity contribution in [1.29, 1.82) is 5.26 Å². The monoisotopic (exact) mass is 678 g/mol. The maximum Gasteiger partial charge on any atom is 0.141 e. The summed E-state index contributed by atoms with van der Waals surface area (Å²) >= 11 is 9.69. The largest absolute Gasteiger partial charge is 0.373 e. The van der Waals surface area contributed by atoms with E-state index in [9.17, 15) is 14.0 Å². The first-order chi connectivity index (χ1) is 21.3. The molecular weight excluding hydrogens is 650 g/mol. The summed E-state index contributed by atoms with van der Waals surface area (Å²) in [5, 5.41) is 19.5. The third-order valence-electron chi connectivity index (χ3n) is 8.06. The molecule has 12 heteroatoms. The van der Waals surface area contributed by atoms with Crippen LogP contribution in [0.25, 0.3) is 10.9 Å². The number of aromatic nitrogens is 1. The molecule has 3 aromatic carbocycles. The number of halogens is 4. The van der Waals surface area contributed by atoms with Gasteiger partial charge >= 0.3 is 0 Å². The summed E-state index contributed by atoms with van der Waals surface area (Å²) in [6.07, 6.45) is 5.65. The first-order valence-corrected chi connectivity index (χ1v) is 15.5. The van der Waals surface area contributed by atoms with Crippen LogP contribution in [-0.4, -0.2) is 40.6 Å². The van der Waals surface area contributed by atoms with Crippen LogP contribution in [0.3, 0.4) is 0 Å². The Kier molecular flexibility index (Phi) is 8.86. The fraction of sp³-hybridized carbons (Fsp3) is 0.250. The van der Waals surface area contributed by atoms with Crippen molar-refractivity contribution in [2.45, 2.75) is 31.8 Å². The molecule has 1 saturated heterocycles. The highest BCUT2D eigenvalue weighted by Crippen LogP contribution is 2.37. The fourth-order valence-electron chi connectivity index (χ4n) is 5.64. The molecule has 4 aromatic rings. The lowest BCUT2D eigenvalue weighted by Crippen LogP contribution is -2.48. The van der Waals surface area contributed by atoms with Gasteiger partial charge in [0.1, 0.15) is 17.7 Å². The average Bonchev–Trinajstić information content (AvgIpc) is 3.52. The topological polar surface area (TPSA) is 91.3 Å². The van der Waals surface area contributed by atoms with Gasteiger partial charge in [0.25, 0.3) is 0 Å². The van der Waals surface area contributed by atoms with Crippen LogP contribution in [0.1, 0.15) is 36.9 Å². The van der Waals surface area contributed by atoms with Gasteiger partial charge in [-0.2, -0.15) is 5.26 Å². The second kappa shape index (κ2) is 13.0. The zero-order valence-electron chi connectivity index (χ0n) is 23.8. The summed E-state index contributed by atoms with van der Waals surface area (Å²) in [6.45, 7) is 5.34. The molecule has 1 aromatic heterocycles. The Hall–Kier alpha value is -3.95. The quantitative estimate of drug-likeness (QED) is 0.154. The van der Waals surface area contributed by atoms with Crippen molar-refractivity contribution >= 4 is 55.5 Å². The van der Waals surface area contributed by atoms with E-state index < -0.39 is 5.82 Å². The summed E-state index contributed by atoms with van der Waals surface area (Å²) < 4.78 is 28.5. The van der Waals surface area contributed by atoms with Crippen molar-refractivity contribution in [3.8, 4) is 6.07 Å². The van der Waals surface area contributed by atoms with E-state index in [1.54, 1.807) is 18.2 Å². The van der Waals surface area contributed by atoms with Gasteiger partial charge in [0.15, 0.2) is 0 Å². The van der Waals surface area contributed by atoms with Crippen molar-refractivity contribution in [3.05, 3.63) is 105 Å². The van der Waals surface area contributed by atoms with Crippen LogP contribution in [0.2, 0.25) is 5.02 Å². The van der Waals surface area contributed by atoms with Gasteiger partial charge in [0.05, 0.1) is 33.5 Å². The van der Waals surface area contributed by atoms with E-state index in [0.29, 0.717) is 38.4 Å². The Morgan fingerprint density at radius 2 is 1.89 bits per heavy atom. The average molecular weight is 680 g/mol. The summed E-state index contributed by atoms with van der Waals surface area (Å²) in [6, 6.07) is 16.7. The maximum absolute atomic E-state index is 13.9. The molecule has 8 nitrogen and oxygen atoms in total. The van der Waals surface area contributed by atoms with Crippen LogP contribution in [0.15, 0.2) is 77.2 Å². The molecule has 44 heavy (non-hydrogen) atoms. The molecule has 0 spiro atoms. The molecule has 0 aliphatic carbocycles. The number of nitrogens with zero attached hydrogens (tertiary/aromatic N) is 4. The summed E-state index contributed by atoms with van der Waals surface area (Å²) in [5.74, 6) is -0.851. The number of piperidine rings is 1. The Morgan fingerprint density at radius 1 is 1.11 bits per heavy atom. The minimum Gasteiger partial charge on any atom is -0.373 e. The fourth-order valence-corrected chi connectivity index (χ4v) is 6.39. The summed E-state index contributed by atoms with van der Waals surface area (Å²) in [4.78, 5) is 6.97. The van der Waals surface area contributed by atoms with E-state index in [2.05, 4.69) is 71.6 Å². The van der Waals surface area contributed by atoms with Crippen LogP contribution >= 0.6 is 27.5 Å². The molecule has 0 saturated carbocycles. The zero-order chi connectivity index (χ0) is 30.8. The Labute approximate surface area is 267 Å². The lowest BCUT2D eigenvalue weighted by molar-refractivity contribution is 0.112. The van der Waals surface area contributed by atoms with Crippen LogP contribution < -0.4 is 21.6 Å². The predicted octanol–water partition coefficient (Wildman–Crippen LogP) is 7.35. The van der Waals surface area contributed by atoms with Gasteiger partial charge in [-0.25, -0.2) is 8.78 Å². The molecule has 0 bridgehead atoms. The molecule has 0 radical (unpaired) electrons. The van der Waals surface area contributed by atoms with Crippen LogP contribution in [0, 0.1) is 23.0 Å². The number of nitriles is 1. The lowest BCUT2D eigenvalue weighted by Gasteiger charge is -2.35. The third kappa shape index (κ3) is 6.30. The normalized spacial score (nSPS) is 16.4. The predicted molar refractivity (Wildman–Crippen MR) is 173 cm³/mol. The number of pyridine rings is 1. The molecule has 226 valence electrons. The van der Waals surface area contributed by atoms with Crippen molar-refractivity contribution in [2.24, 2.45) is 0 Å². The molecule has 2 aliphatic rings. The van der Waals surface area contributed by atoms with Gasteiger partial charge < -0.3 is 21.0 Å². The van der Waals surface area contributed by atoms with E-state index in [-0.39, 0.29) is 16.9 Å². The smallest absolute Gasteiger partial charge is 0.141 e. The number of benzene rings is 3. The summed E-state index contributed by atoms with van der Waals surface area (Å²) in [7, 11) is 0. The van der Waals surface area contributed by atoms with Crippen molar-refractivity contribution < 1.29 is 8.78 Å². The standard InChI is InChI=1S/C32H30BrClF2N8/c1-2-43-11-9-24(10-12-43)44-18-29(41-42-44)31(19-3-5-21(35)6-4-19)40-23-13-25-30(39-22-7-8-28(36)27(34)15-22)20(16-37)17-38-32(25)26(33)14-23/h3-8,13-15,17-18,24,31,40-42H,2,9-12H2,1H3,(H,38,39). The van der Waals surface area contributed by atoms with Gasteiger partial charge in [-0.15, -0.1) is 5.53 Å². The SMILES string of the molecule is CCN1CCC(N2C=C(C(Nc3cc(Br)c4ncc(C#N)c(Nc5ccc(F)c(Cl)c5)c4c3)c3ccc(F)cc3)NN2)CC1. The third-order valence-corrected chi connectivity index (χ3v) is 8.96. The Bertz CT molecular complexity index is 1750. The molecule has 0 amide bonds. The highest BCUT2D eigenvalue weighted by atomic mass is 79.9. The van der Waals surface area contributed by atoms with Gasteiger partial charge in [-0.3, -0.25) is 9.99 Å². The Balaban J connectivity index is 1.36. The molecule has 1 fully saturated rings. The number of rotatable bonds is 8. The first-order valence-electron chi connectivity index (χ1n) is 14.3. The number of hydrogen-bond acceptors (Lipinski definition) is 8. The highest BCUT2D eigenvalue weighted by molar-refractivity contribution is 9.10. The van der Waals surface area contributed by atoms with Gasteiger partial charge in [-0.05, 0) is 83.3 Å². The van der Waals surface area contributed by atoms with Crippen molar-refractivity contribution in [3.63, 3.8) is 0 Å². The summed E-state index contributed by atoms with van der Waals surface area (Å²) in [5.41, 5.74) is 11.1. The van der Waals surface area contributed by atoms with E-state index >= 15 is 0 Å². The van der Waals surface area contributed by atoms with Crippen LogP contribution in [-0.2, 0) is 0 Å². The van der Waals surface area contributed by atoms with E-state index in [0.717, 1.165) is 49.4 Å². The van der Waals surface area contributed by atoms with Crippen LogP contribution in [0.4, 0.5) is 25.8 Å². The second-order valence-corrected chi connectivity index (χ2v) is 12.1. The van der Waals surface area contributed by atoms with Crippen molar-refractivity contribution in [2.75, 3.05) is 30.3 Å². The minimum absolute atomic E-state index is 0.0338. The number of fused-ring (bicyclic) bond motifs is 1. The van der Waals surface area contributed by atoms with Crippen LogP contribution in [0.5, 0.6) is 0 Å². The molecule has 1 unspecified atom stereocenters. The molecular formula is C32H30BrClF2N8. The van der Waals surface area contributed by atoms with E-state index in [4.69, 9.17) is 11.6 Å². The number of likely N-dealkylation sites (tertiary alicyclic amines) is 1. The maximum atomic E-state index is 13.9. The first kappa shape index (κ1) is 30.1. The van der Waals surface area contributed by atoms with Gasteiger partial charge in [0, 0.05) is 52.8 Å². The number of anilines is 3. The zero-order valence-corrected chi connectivity index (χ0v) is 26.2. The minimum atomic E-state index is -0.535. The van der Waals surface area contributed by atoms with Gasteiger partial charge in [-0.1, -0.05) is 30.7 Å². The number of hydrogen-bond donors (Lipinski definition) is 4. The van der Waals surface area contributed by atoms with E-state index in [1.165, 1.54) is 30.5 Å². The molecule has 4 N–H and O–H groups in total. The second-order valence-electron chi connectivity index (χ2n) is 10.8. The highest BCUT2D eigenvalue weighted by Gasteiger charge is 2.29. The molecule has 2 aliphatic heterocycles. The molecule has 6 rings (SSSR count). The number of nitrogens with one attached hydrogen (secondary N) is 4. The Morgan fingerprint density at radius 3 is 2.59 bits per heavy atom. The lowest BCUT2D eigenvalue weighted by atomic mass is 10.0. The van der Waals surface area contributed by atoms with E-state index in [1.807, 2.05) is 12.1 Å². The molecule has 1 atom stereocenters.